The van der Waals surface area contributed by atoms with Gasteiger partial charge >= 0.3 is 5.97 Å². The van der Waals surface area contributed by atoms with E-state index in [-0.39, 0.29) is 5.92 Å². The van der Waals surface area contributed by atoms with Gasteiger partial charge < -0.3 is 15.3 Å². The summed E-state index contributed by atoms with van der Waals surface area (Å²) in [5.74, 6) is -0.704. The second-order valence-corrected chi connectivity index (χ2v) is 6.51. The molecule has 1 saturated heterocycles. The third-order valence-corrected chi connectivity index (χ3v) is 4.37. The Hall–Kier alpha value is -1.55. The van der Waals surface area contributed by atoms with Gasteiger partial charge in [0.2, 0.25) is 0 Å². The molecule has 2 N–H and O–H groups in total. The molecule has 0 amide bonds. The molecule has 1 heterocycles. The van der Waals surface area contributed by atoms with Crippen molar-refractivity contribution in [2.24, 2.45) is 5.92 Å². The Bertz CT molecular complexity index is 462. The van der Waals surface area contributed by atoms with Crippen LogP contribution in [0.15, 0.2) is 24.3 Å². The van der Waals surface area contributed by atoms with Gasteiger partial charge in [-0.05, 0) is 36.5 Å². The molecule has 0 radical (unpaired) electrons. The first kappa shape index (κ1) is 16.8. The van der Waals surface area contributed by atoms with E-state index in [1.165, 1.54) is 31.4 Å². The fraction of sp³-hybridized carbons (Fsp3) is 0.611. The van der Waals surface area contributed by atoms with Gasteiger partial charge in [0, 0.05) is 25.3 Å². The van der Waals surface area contributed by atoms with Crippen LogP contribution in [-0.2, 0) is 11.3 Å². The molecule has 22 heavy (non-hydrogen) atoms. The molecule has 1 aliphatic heterocycles. The number of anilines is 1. The first-order valence-electron chi connectivity index (χ1n) is 8.38. The highest BCUT2D eigenvalue weighted by Crippen LogP contribution is 2.20. The molecule has 1 atom stereocenters. The number of aliphatic carboxylic acids is 1. The van der Waals surface area contributed by atoms with Crippen LogP contribution in [0.4, 0.5) is 5.69 Å². The van der Waals surface area contributed by atoms with Gasteiger partial charge in [-0.15, -0.1) is 0 Å². The lowest BCUT2D eigenvalue weighted by Crippen LogP contribution is -2.40. The molecular weight excluding hydrogens is 276 g/mol. The number of hydrogen-bond donors (Lipinski definition) is 2. The van der Waals surface area contributed by atoms with Crippen LogP contribution < -0.4 is 10.2 Å². The van der Waals surface area contributed by atoms with Crippen molar-refractivity contribution in [3.05, 3.63) is 29.8 Å². The minimum absolute atomic E-state index is 0.0777. The van der Waals surface area contributed by atoms with E-state index in [4.69, 9.17) is 0 Å². The summed E-state index contributed by atoms with van der Waals surface area (Å²) < 4.78 is 0. The summed E-state index contributed by atoms with van der Waals surface area (Å²) in [6.07, 6.45) is 5.23. The Kier molecular flexibility index (Phi) is 6.25. The summed E-state index contributed by atoms with van der Waals surface area (Å²) >= 11 is 0. The van der Waals surface area contributed by atoms with Crippen LogP contribution in [0, 0.1) is 5.92 Å². The van der Waals surface area contributed by atoms with Crippen LogP contribution in [0.3, 0.4) is 0 Å². The molecular formula is C18H28N2O2. The van der Waals surface area contributed by atoms with E-state index in [0.717, 1.165) is 18.7 Å². The Morgan fingerprint density at radius 1 is 1.14 bits per heavy atom. The molecule has 0 aromatic heterocycles. The molecule has 0 spiro atoms. The molecule has 1 aliphatic rings. The second kappa shape index (κ2) is 8.18. The third kappa shape index (κ3) is 4.73. The molecule has 1 fully saturated rings. The van der Waals surface area contributed by atoms with E-state index >= 15 is 0 Å². The first-order valence-corrected chi connectivity index (χ1v) is 8.38. The lowest BCUT2D eigenvalue weighted by Gasteiger charge is -2.23. The maximum absolute atomic E-state index is 11.2. The van der Waals surface area contributed by atoms with E-state index in [0.29, 0.717) is 6.54 Å². The number of benzene rings is 1. The topological polar surface area (TPSA) is 52.6 Å². The standard InChI is InChI=1S/C18H28N2O2/c1-14(2)17(18(21)22)19-13-15-7-9-16(10-8-15)20-11-5-3-4-6-12-20/h7-10,14,17,19H,3-6,11-13H2,1-2H3,(H,21,22)/t17-/m0/s1. The smallest absolute Gasteiger partial charge is 0.320 e. The van der Waals surface area contributed by atoms with E-state index in [2.05, 4.69) is 34.5 Å². The molecule has 4 nitrogen and oxygen atoms in total. The lowest BCUT2D eigenvalue weighted by molar-refractivity contribution is -0.140. The fourth-order valence-corrected chi connectivity index (χ4v) is 2.99. The largest absolute Gasteiger partial charge is 0.480 e. The third-order valence-electron chi connectivity index (χ3n) is 4.37. The van der Waals surface area contributed by atoms with E-state index in [9.17, 15) is 9.90 Å². The maximum Gasteiger partial charge on any atom is 0.320 e. The zero-order chi connectivity index (χ0) is 15.9. The van der Waals surface area contributed by atoms with Crippen molar-refractivity contribution < 1.29 is 9.90 Å². The minimum Gasteiger partial charge on any atom is -0.480 e. The summed E-state index contributed by atoms with van der Waals surface area (Å²) in [6, 6.07) is 8.03. The molecule has 4 heteroatoms. The first-order chi connectivity index (χ1) is 10.6. The SMILES string of the molecule is CC(C)[C@H](NCc1ccc(N2CCCCCC2)cc1)C(=O)O. The van der Waals surface area contributed by atoms with Gasteiger partial charge in [0.05, 0.1) is 0 Å². The highest BCUT2D eigenvalue weighted by Gasteiger charge is 2.20. The average Bonchev–Trinajstić information content (AvgIpc) is 2.76. The fourth-order valence-electron chi connectivity index (χ4n) is 2.99. The van der Waals surface area contributed by atoms with Crippen molar-refractivity contribution in [1.82, 2.24) is 5.32 Å². The van der Waals surface area contributed by atoms with Crippen LogP contribution in [0.2, 0.25) is 0 Å². The Morgan fingerprint density at radius 3 is 2.23 bits per heavy atom. The van der Waals surface area contributed by atoms with Crippen molar-refractivity contribution in [2.45, 2.75) is 52.1 Å². The van der Waals surface area contributed by atoms with Gasteiger partial charge in [0.1, 0.15) is 6.04 Å². The second-order valence-electron chi connectivity index (χ2n) is 6.51. The van der Waals surface area contributed by atoms with Crippen LogP contribution in [-0.4, -0.2) is 30.2 Å². The Labute approximate surface area is 133 Å². The molecule has 1 aromatic carbocycles. The van der Waals surface area contributed by atoms with Crippen molar-refractivity contribution >= 4 is 11.7 Å². The Balaban J connectivity index is 1.92. The van der Waals surface area contributed by atoms with E-state index in [1.807, 2.05) is 13.8 Å². The zero-order valence-electron chi connectivity index (χ0n) is 13.7. The molecule has 2 rings (SSSR count). The van der Waals surface area contributed by atoms with E-state index < -0.39 is 12.0 Å². The number of hydrogen-bond acceptors (Lipinski definition) is 3. The molecule has 0 saturated carbocycles. The normalized spacial score (nSPS) is 17.3. The van der Waals surface area contributed by atoms with E-state index in [1.54, 1.807) is 0 Å². The Morgan fingerprint density at radius 2 is 1.73 bits per heavy atom. The number of nitrogens with one attached hydrogen (secondary N) is 1. The highest BCUT2D eigenvalue weighted by atomic mass is 16.4. The molecule has 0 bridgehead atoms. The lowest BCUT2D eigenvalue weighted by atomic mass is 10.0. The van der Waals surface area contributed by atoms with Gasteiger partial charge in [0.15, 0.2) is 0 Å². The molecule has 0 aliphatic carbocycles. The van der Waals surface area contributed by atoms with Gasteiger partial charge in [-0.2, -0.15) is 0 Å². The highest BCUT2D eigenvalue weighted by molar-refractivity contribution is 5.73. The number of carboxylic acids is 1. The summed E-state index contributed by atoms with van der Waals surface area (Å²) in [4.78, 5) is 13.6. The van der Waals surface area contributed by atoms with Gasteiger partial charge in [0.25, 0.3) is 0 Å². The summed E-state index contributed by atoms with van der Waals surface area (Å²) in [6.45, 7) is 6.73. The molecule has 1 aromatic rings. The zero-order valence-corrected chi connectivity index (χ0v) is 13.7. The quantitative estimate of drug-likeness (QED) is 0.847. The van der Waals surface area contributed by atoms with Crippen molar-refractivity contribution in [3.8, 4) is 0 Å². The summed E-state index contributed by atoms with van der Waals surface area (Å²) in [7, 11) is 0. The number of carboxylic acid groups (broad SMARTS) is 1. The van der Waals surface area contributed by atoms with Gasteiger partial charge in [-0.1, -0.05) is 38.8 Å². The summed E-state index contributed by atoms with van der Waals surface area (Å²) in [5.41, 5.74) is 2.41. The van der Waals surface area contributed by atoms with Crippen LogP contribution in [0.5, 0.6) is 0 Å². The van der Waals surface area contributed by atoms with Crippen molar-refractivity contribution in [2.75, 3.05) is 18.0 Å². The average molecular weight is 304 g/mol. The van der Waals surface area contributed by atoms with Gasteiger partial charge in [-0.3, -0.25) is 4.79 Å². The predicted molar refractivity (Wildman–Crippen MR) is 90.2 cm³/mol. The minimum atomic E-state index is -0.781. The van der Waals surface area contributed by atoms with Crippen LogP contribution >= 0.6 is 0 Å². The van der Waals surface area contributed by atoms with Crippen molar-refractivity contribution in [3.63, 3.8) is 0 Å². The number of carbonyl (C=O) groups is 1. The van der Waals surface area contributed by atoms with Crippen molar-refractivity contribution in [1.29, 1.82) is 0 Å². The summed E-state index contributed by atoms with van der Waals surface area (Å²) in [5, 5.41) is 12.3. The maximum atomic E-state index is 11.2. The molecule has 0 unspecified atom stereocenters. The van der Waals surface area contributed by atoms with Gasteiger partial charge in [-0.25, -0.2) is 0 Å². The molecule has 122 valence electrons. The number of nitrogens with zero attached hydrogens (tertiary/aromatic N) is 1. The monoisotopic (exact) mass is 304 g/mol. The predicted octanol–water partition coefficient (Wildman–Crippen LogP) is 3.27. The number of rotatable bonds is 6. The van der Waals surface area contributed by atoms with Crippen LogP contribution in [0.1, 0.15) is 45.1 Å². The van der Waals surface area contributed by atoms with Crippen LogP contribution in [0.25, 0.3) is 0 Å².